The summed E-state index contributed by atoms with van der Waals surface area (Å²) in [6.07, 6.45) is 0.548. The van der Waals surface area contributed by atoms with Gasteiger partial charge >= 0.3 is 0 Å². The van der Waals surface area contributed by atoms with Crippen molar-refractivity contribution in [3.05, 3.63) is 70.8 Å². The van der Waals surface area contributed by atoms with Crippen LogP contribution in [0.4, 0.5) is 0 Å². The van der Waals surface area contributed by atoms with Gasteiger partial charge in [-0.25, -0.2) is 0 Å². The predicted octanol–water partition coefficient (Wildman–Crippen LogP) is 0.231. The minimum absolute atomic E-state index is 0.148. The maximum absolute atomic E-state index is 12.5. The van der Waals surface area contributed by atoms with Gasteiger partial charge in [-0.2, -0.15) is 10.2 Å². The number of guanidine groups is 2. The molecule has 35 heavy (non-hydrogen) atoms. The van der Waals surface area contributed by atoms with Gasteiger partial charge in [0.15, 0.2) is 0 Å². The number of hydrogen-bond acceptors (Lipinski definition) is 6. The fourth-order valence-electron chi connectivity index (χ4n) is 2.85. The molecular formula is C23H30N10O2. The van der Waals surface area contributed by atoms with Crippen LogP contribution >= 0.6 is 0 Å². The van der Waals surface area contributed by atoms with E-state index in [0.717, 1.165) is 11.1 Å². The average Bonchev–Trinajstić information content (AvgIpc) is 2.85. The molecule has 0 aliphatic rings. The summed E-state index contributed by atoms with van der Waals surface area (Å²) >= 11 is 0. The SMILES string of the molecule is C/C(=N\N=C(N)N)c1cccc(C(=O)NCCCNC(=O)c2cccc(/C(C)=N/N=C(N)N)c2)c1. The summed E-state index contributed by atoms with van der Waals surface area (Å²) in [6, 6.07) is 13.9. The zero-order chi connectivity index (χ0) is 25.8. The minimum atomic E-state index is -0.240. The van der Waals surface area contributed by atoms with E-state index in [0.29, 0.717) is 42.1 Å². The van der Waals surface area contributed by atoms with Gasteiger partial charge in [-0.1, -0.05) is 24.3 Å². The van der Waals surface area contributed by atoms with E-state index < -0.39 is 0 Å². The van der Waals surface area contributed by atoms with Crippen LogP contribution in [-0.4, -0.2) is 48.2 Å². The maximum Gasteiger partial charge on any atom is 0.251 e. The van der Waals surface area contributed by atoms with E-state index in [9.17, 15) is 9.59 Å². The van der Waals surface area contributed by atoms with Gasteiger partial charge in [-0.15, -0.1) is 10.2 Å². The number of carbonyl (C=O) groups is 2. The standard InChI is InChI=1S/C23H30N10O2/c1-14(30-32-22(24)25)16-6-3-8-18(12-16)20(34)28-10-5-11-29-21(35)19-9-4-7-17(13-19)15(2)31-33-23(26)27/h3-4,6-9,12-13H,5,10-11H2,1-2H3,(H,28,34)(H,29,35)(H4,24,25,32)(H4,26,27,33)/b30-14+,31-15+. The molecule has 0 bridgehead atoms. The first-order valence-corrected chi connectivity index (χ1v) is 10.7. The quantitative estimate of drug-likeness (QED) is 0.122. The maximum atomic E-state index is 12.5. The van der Waals surface area contributed by atoms with Gasteiger partial charge in [0.1, 0.15) is 0 Å². The second-order valence-electron chi connectivity index (χ2n) is 7.45. The van der Waals surface area contributed by atoms with Crippen LogP contribution in [0, 0.1) is 0 Å². The van der Waals surface area contributed by atoms with Gasteiger partial charge in [0.25, 0.3) is 11.8 Å². The van der Waals surface area contributed by atoms with Crippen molar-refractivity contribution in [3.63, 3.8) is 0 Å². The minimum Gasteiger partial charge on any atom is -0.369 e. The Morgan fingerprint density at radius 3 is 1.40 bits per heavy atom. The summed E-state index contributed by atoms with van der Waals surface area (Å²) in [5.74, 6) is -0.776. The lowest BCUT2D eigenvalue weighted by atomic mass is 10.1. The number of rotatable bonds is 10. The second kappa shape index (κ2) is 13.1. The summed E-state index contributed by atoms with van der Waals surface area (Å²) in [5.41, 5.74) is 24.6. The van der Waals surface area contributed by atoms with Crippen molar-refractivity contribution >= 4 is 35.2 Å². The predicted molar refractivity (Wildman–Crippen MR) is 138 cm³/mol. The van der Waals surface area contributed by atoms with Gasteiger partial charge in [-0.3, -0.25) is 9.59 Å². The molecule has 2 aromatic rings. The fraction of sp³-hybridized carbons (Fsp3) is 0.217. The third-order valence-electron chi connectivity index (χ3n) is 4.64. The molecule has 12 nitrogen and oxygen atoms in total. The van der Waals surface area contributed by atoms with Gasteiger partial charge in [0.05, 0.1) is 11.4 Å². The molecule has 0 heterocycles. The first-order chi connectivity index (χ1) is 16.7. The zero-order valence-corrected chi connectivity index (χ0v) is 19.7. The lowest BCUT2D eigenvalue weighted by molar-refractivity contribution is 0.0951. The highest BCUT2D eigenvalue weighted by Gasteiger charge is 2.09. The molecule has 2 aromatic carbocycles. The molecule has 0 aromatic heterocycles. The highest BCUT2D eigenvalue weighted by atomic mass is 16.2. The van der Waals surface area contributed by atoms with E-state index in [1.165, 1.54) is 0 Å². The number of nitrogens with two attached hydrogens (primary N) is 4. The lowest BCUT2D eigenvalue weighted by Crippen LogP contribution is -2.30. The summed E-state index contributed by atoms with van der Waals surface area (Å²) in [6.45, 7) is 4.24. The molecule has 0 saturated carbocycles. The van der Waals surface area contributed by atoms with Crippen LogP contribution < -0.4 is 33.6 Å². The third kappa shape index (κ3) is 8.96. The highest BCUT2D eigenvalue weighted by molar-refractivity contribution is 6.03. The van der Waals surface area contributed by atoms with Crippen molar-refractivity contribution in [1.29, 1.82) is 0 Å². The first kappa shape index (κ1) is 26.5. The third-order valence-corrected chi connectivity index (χ3v) is 4.64. The zero-order valence-electron chi connectivity index (χ0n) is 19.7. The molecule has 0 radical (unpaired) electrons. The molecule has 0 atom stereocenters. The monoisotopic (exact) mass is 478 g/mol. The number of carbonyl (C=O) groups excluding carboxylic acids is 2. The normalized spacial score (nSPS) is 11.4. The van der Waals surface area contributed by atoms with Crippen LogP contribution in [-0.2, 0) is 0 Å². The smallest absolute Gasteiger partial charge is 0.251 e. The fourth-order valence-corrected chi connectivity index (χ4v) is 2.85. The Balaban J connectivity index is 1.85. The van der Waals surface area contributed by atoms with Gasteiger partial charge in [0.2, 0.25) is 11.9 Å². The van der Waals surface area contributed by atoms with E-state index in [1.54, 1.807) is 62.4 Å². The van der Waals surface area contributed by atoms with E-state index in [2.05, 4.69) is 31.0 Å². The molecule has 0 aliphatic heterocycles. The van der Waals surface area contributed by atoms with Gasteiger partial charge < -0.3 is 33.6 Å². The van der Waals surface area contributed by atoms with E-state index in [-0.39, 0.29) is 23.7 Å². The Labute approximate surface area is 203 Å². The Morgan fingerprint density at radius 1 is 0.657 bits per heavy atom. The van der Waals surface area contributed by atoms with Crippen LogP contribution in [0.25, 0.3) is 0 Å². The van der Waals surface area contributed by atoms with Crippen molar-refractivity contribution in [2.75, 3.05) is 13.1 Å². The number of benzene rings is 2. The van der Waals surface area contributed by atoms with Crippen LogP contribution in [0.15, 0.2) is 68.9 Å². The molecule has 10 N–H and O–H groups in total. The number of nitrogens with one attached hydrogen (secondary N) is 2. The molecule has 0 unspecified atom stereocenters. The Kier molecular flexibility index (Phi) is 9.91. The molecule has 0 fully saturated rings. The van der Waals surface area contributed by atoms with Crippen molar-refractivity contribution in [1.82, 2.24) is 10.6 Å². The van der Waals surface area contributed by atoms with Gasteiger partial charge in [-0.05, 0) is 55.7 Å². The average molecular weight is 479 g/mol. The molecule has 184 valence electrons. The van der Waals surface area contributed by atoms with Crippen LogP contribution in [0.5, 0.6) is 0 Å². The second-order valence-corrected chi connectivity index (χ2v) is 7.45. The lowest BCUT2D eigenvalue weighted by Gasteiger charge is -2.09. The summed E-state index contributed by atoms with van der Waals surface area (Å²) < 4.78 is 0. The first-order valence-electron chi connectivity index (χ1n) is 10.7. The summed E-state index contributed by atoms with van der Waals surface area (Å²) in [5, 5.41) is 20.7. The molecule has 2 rings (SSSR count). The van der Waals surface area contributed by atoms with Crippen LogP contribution in [0.2, 0.25) is 0 Å². The topological polar surface area (TPSA) is 212 Å². The van der Waals surface area contributed by atoms with Crippen molar-refractivity contribution in [3.8, 4) is 0 Å². The summed E-state index contributed by atoms with van der Waals surface area (Å²) in [4.78, 5) is 24.9. The largest absolute Gasteiger partial charge is 0.369 e. The van der Waals surface area contributed by atoms with Crippen LogP contribution in [0.1, 0.15) is 52.1 Å². The molecule has 0 saturated heterocycles. The highest BCUT2D eigenvalue weighted by Crippen LogP contribution is 2.08. The van der Waals surface area contributed by atoms with Crippen molar-refractivity contribution in [2.24, 2.45) is 43.3 Å². The Hall–Kier alpha value is -4.74. The van der Waals surface area contributed by atoms with E-state index in [1.807, 2.05) is 0 Å². The van der Waals surface area contributed by atoms with E-state index in [4.69, 9.17) is 22.9 Å². The molecule has 0 aliphatic carbocycles. The number of amides is 2. The Morgan fingerprint density at radius 2 is 1.03 bits per heavy atom. The van der Waals surface area contributed by atoms with Crippen LogP contribution in [0.3, 0.4) is 0 Å². The molecular weight excluding hydrogens is 448 g/mol. The van der Waals surface area contributed by atoms with E-state index >= 15 is 0 Å². The van der Waals surface area contributed by atoms with Crippen molar-refractivity contribution in [2.45, 2.75) is 20.3 Å². The summed E-state index contributed by atoms with van der Waals surface area (Å²) in [7, 11) is 0. The molecule has 0 spiro atoms. The molecule has 2 amide bonds. The molecule has 12 heteroatoms. The number of hydrogen-bond donors (Lipinski definition) is 6. The van der Waals surface area contributed by atoms with Crippen molar-refractivity contribution < 1.29 is 9.59 Å². The van der Waals surface area contributed by atoms with Gasteiger partial charge in [0, 0.05) is 24.2 Å². The number of nitrogens with zero attached hydrogens (tertiary/aromatic N) is 4. The Bertz CT molecular complexity index is 1080.